The van der Waals surface area contributed by atoms with Gasteiger partial charge in [0.05, 0.1) is 21.3 Å². The summed E-state index contributed by atoms with van der Waals surface area (Å²) in [6.45, 7) is 5.07. The van der Waals surface area contributed by atoms with Crippen molar-refractivity contribution in [2.75, 3.05) is 0 Å². The number of alkyl carbamates (subject to hydrolysis) is 1. The maximum atomic E-state index is 11.9. The molecule has 3 rings (SSSR count). The minimum Gasteiger partial charge on any atom is -0.477 e. The molecule has 8 heteroatoms. The lowest BCUT2D eigenvalue weighted by molar-refractivity contribution is -0.133. The molecular formula is C23H20Cl2N2O4. The largest absolute Gasteiger partial charge is 0.477 e. The average molecular weight is 459 g/mol. The van der Waals surface area contributed by atoms with Gasteiger partial charge in [-0.15, -0.1) is 0 Å². The van der Waals surface area contributed by atoms with E-state index in [-0.39, 0.29) is 5.70 Å². The van der Waals surface area contributed by atoms with Crippen LogP contribution in [-0.4, -0.2) is 27.8 Å². The number of halogens is 2. The molecule has 1 aromatic heterocycles. The van der Waals surface area contributed by atoms with E-state index in [1.54, 1.807) is 63.2 Å². The lowest BCUT2D eigenvalue weighted by atomic mass is 10.1. The van der Waals surface area contributed by atoms with Crippen LogP contribution in [0.1, 0.15) is 26.3 Å². The first-order valence-corrected chi connectivity index (χ1v) is 10.1. The molecule has 0 radical (unpaired) electrons. The quantitative estimate of drug-likeness (QED) is 0.457. The summed E-state index contributed by atoms with van der Waals surface area (Å²) in [4.78, 5) is 28.1. The Morgan fingerprint density at radius 3 is 2.35 bits per heavy atom. The van der Waals surface area contributed by atoms with Crippen molar-refractivity contribution >= 4 is 52.2 Å². The number of hydrogen-bond donors (Lipinski definition) is 2. The maximum Gasteiger partial charge on any atom is 0.412 e. The van der Waals surface area contributed by atoms with Gasteiger partial charge in [-0.1, -0.05) is 41.4 Å². The fraction of sp³-hybridized carbons (Fsp3) is 0.174. The number of aromatic nitrogens is 1. The Bertz CT molecular complexity index is 1180. The molecule has 31 heavy (non-hydrogen) atoms. The molecule has 1 amide bonds. The Kier molecular flexibility index (Phi) is 6.53. The van der Waals surface area contributed by atoms with Crippen LogP contribution in [0.2, 0.25) is 10.0 Å². The molecule has 3 aromatic rings. The summed E-state index contributed by atoms with van der Waals surface area (Å²) in [5, 5.41) is 13.5. The summed E-state index contributed by atoms with van der Waals surface area (Å²) in [6.07, 6.45) is 0.509. The first kappa shape index (κ1) is 22.6. The normalized spacial score (nSPS) is 12.0. The minimum absolute atomic E-state index is 0.305. The Labute approximate surface area is 189 Å². The van der Waals surface area contributed by atoms with Crippen molar-refractivity contribution in [2.24, 2.45) is 0 Å². The van der Waals surface area contributed by atoms with E-state index < -0.39 is 17.7 Å². The molecule has 6 nitrogen and oxygen atoms in total. The zero-order valence-electron chi connectivity index (χ0n) is 17.1. The summed E-state index contributed by atoms with van der Waals surface area (Å²) in [7, 11) is 0. The van der Waals surface area contributed by atoms with Gasteiger partial charge in [-0.05, 0) is 62.7 Å². The van der Waals surface area contributed by atoms with Crippen molar-refractivity contribution in [3.05, 3.63) is 69.8 Å². The van der Waals surface area contributed by atoms with Gasteiger partial charge in [0.2, 0.25) is 0 Å². The second kappa shape index (κ2) is 8.96. The number of aliphatic carboxylic acids is 1. The second-order valence-electron chi connectivity index (χ2n) is 7.74. The molecular weight excluding hydrogens is 439 g/mol. The van der Waals surface area contributed by atoms with E-state index in [9.17, 15) is 14.7 Å². The van der Waals surface area contributed by atoms with Gasteiger partial charge >= 0.3 is 12.1 Å². The predicted octanol–water partition coefficient (Wildman–Crippen LogP) is 6.16. The number of ether oxygens (including phenoxy) is 1. The molecule has 160 valence electrons. The molecule has 0 aliphatic carbocycles. The van der Waals surface area contributed by atoms with Crippen LogP contribution in [0.25, 0.3) is 28.2 Å². The lowest BCUT2D eigenvalue weighted by Gasteiger charge is -2.19. The van der Waals surface area contributed by atoms with Crippen molar-refractivity contribution in [3.63, 3.8) is 0 Å². The van der Waals surface area contributed by atoms with E-state index in [1.165, 1.54) is 6.08 Å². The molecule has 0 saturated heterocycles. The highest BCUT2D eigenvalue weighted by Crippen LogP contribution is 2.34. The van der Waals surface area contributed by atoms with Crippen LogP contribution >= 0.6 is 23.2 Å². The summed E-state index contributed by atoms with van der Waals surface area (Å²) in [5.41, 5.74) is 1.48. The van der Waals surface area contributed by atoms with Gasteiger partial charge in [-0.25, -0.2) is 14.6 Å². The molecule has 0 saturated carbocycles. The highest BCUT2D eigenvalue weighted by molar-refractivity contribution is 6.39. The van der Waals surface area contributed by atoms with Crippen LogP contribution in [0.3, 0.4) is 0 Å². The van der Waals surface area contributed by atoms with Gasteiger partial charge in [-0.2, -0.15) is 0 Å². The van der Waals surface area contributed by atoms with Gasteiger partial charge in [0.25, 0.3) is 0 Å². The third-order valence-electron chi connectivity index (χ3n) is 4.11. The number of carboxylic acid groups (broad SMARTS) is 1. The topological polar surface area (TPSA) is 88.5 Å². The molecule has 0 atom stereocenters. The standard InChI is InChI=1S/C23H20Cl2N2O4/c1-23(2,3)31-22(30)27-19(21(28)29)12-13-7-9-17-14(11-13)8-10-18(26-17)20-15(24)5-4-6-16(20)25/h4-12H,1-3H3,(H,27,30)(H,28,29)/b19-12+. The smallest absolute Gasteiger partial charge is 0.412 e. The van der Waals surface area contributed by atoms with Crippen LogP contribution in [0.15, 0.2) is 54.2 Å². The summed E-state index contributed by atoms with van der Waals surface area (Å²) in [5.74, 6) is -1.28. The van der Waals surface area contributed by atoms with Gasteiger partial charge < -0.3 is 9.84 Å². The van der Waals surface area contributed by atoms with Crippen molar-refractivity contribution in [1.82, 2.24) is 10.3 Å². The zero-order chi connectivity index (χ0) is 22.8. The molecule has 0 fully saturated rings. The number of carboxylic acids is 1. The first-order chi connectivity index (χ1) is 14.5. The van der Waals surface area contributed by atoms with Gasteiger partial charge in [-0.3, -0.25) is 5.32 Å². The average Bonchev–Trinajstić information content (AvgIpc) is 2.65. The lowest BCUT2D eigenvalue weighted by Crippen LogP contribution is -2.34. The second-order valence-corrected chi connectivity index (χ2v) is 8.55. The molecule has 0 bridgehead atoms. The van der Waals surface area contributed by atoms with E-state index in [2.05, 4.69) is 10.3 Å². The van der Waals surface area contributed by atoms with E-state index in [0.717, 1.165) is 5.39 Å². The molecule has 0 spiro atoms. The molecule has 1 heterocycles. The first-order valence-electron chi connectivity index (χ1n) is 9.34. The number of fused-ring (bicyclic) bond motifs is 1. The third kappa shape index (κ3) is 5.75. The SMILES string of the molecule is CC(C)(C)OC(=O)N/C(=C/c1ccc2nc(-c3c(Cl)cccc3Cl)ccc2c1)C(=O)O. The molecule has 0 aliphatic rings. The number of pyridine rings is 1. The number of nitrogens with one attached hydrogen (secondary N) is 1. The highest BCUT2D eigenvalue weighted by Gasteiger charge is 2.19. The van der Waals surface area contributed by atoms with Crippen LogP contribution < -0.4 is 5.32 Å². The molecule has 0 aliphatic heterocycles. The Morgan fingerprint density at radius 1 is 1.06 bits per heavy atom. The predicted molar refractivity (Wildman–Crippen MR) is 122 cm³/mol. The Balaban J connectivity index is 1.93. The van der Waals surface area contributed by atoms with E-state index in [1.807, 2.05) is 6.07 Å². The Morgan fingerprint density at radius 2 is 1.74 bits per heavy atom. The summed E-state index contributed by atoms with van der Waals surface area (Å²) >= 11 is 12.6. The molecule has 0 unspecified atom stereocenters. The zero-order valence-corrected chi connectivity index (χ0v) is 18.6. The van der Waals surface area contributed by atoms with Gasteiger partial charge in [0.1, 0.15) is 11.3 Å². The number of nitrogens with zero attached hydrogens (tertiary/aromatic N) is 1. The van der Waals surface area contributed by atoms with Crippen LogP contribution in [0.4, 0.5) is 4.79 Å². The number of hydrogen-bond acceptors (Lipinski definition) is 4. The van der Waals surface area contributed by atoms with Crippen LogP contribution in [0, 0.1) is 0 Å². The fourth-order valence-corrected chi connectivity index (χ4v) is 3.44. The van der Waals surface area contributed by atoms with Crippen molar-refractivity contribution < 1.29 is 19.4 Å². The number of rotatable bonds is 4. The van der Waals surface area contributed by atoms with Gasteiger partial charge in [0.15, 0.2) is 0 Å². The third-order valence-corrected chi connectivity index (χ3v) is 4.74. The summed E-state index contributed by atoms with van der Waals surface area (Å²) < 4.78 is 5.12. The number of benzene rings is 2. The summed E-state index contributed by atoms with van der Waals surface area (Å²) in [6, 6.07) is 14.1. The maximum absolute atomic E-state index is 11.9. The highest BCUT2D eigenvalue weighted by atomic mass is 35.5. The Hall–Kier alpha value is -3.09. The van der Waals surface area contributed by atoms with E-state index >= 15 is 0 Å². The fourth-order valence-electron chi connectivity index (χ4n) is 2.85. The van der Waals surface area contributed by atoms with Crippen LogP contribution in [0.5, 0.6) is 0 Å². The van der Waals surface area contributed by atoms with Crippen LogP contribution in [-0.2, 0) is 9.53 Å². The van der Waals surface area contributed by atoms with Crippen molar-refractivity contribution in [2.45, 2.75) is 26.4 Å². The van der Waals surface area contributed by atoms with Gasteiger partial charge in [0, 0.05) is 10.9 Å². The number of carbonyl (C=O) groups is 2. The van der Waals surface area contributed by atoms with Crippen molar-refractivity contribution in [1.29, 1.82) is 0 Å². The van der Waals surface area contributed by atoms with Crippen molar-refractivity contribution in [3.8, 4) is 11.3 Å². The molecule has 2 N–H and O–H groups in total. The number of amides is 1. The molecule has 2 aromatic carbocycles. The minimum atomic E-state index is -1.28. The van der Waals surface area contributed by atoms with E-state index in [0.29, 0.717) is 32.4 Å². The van der Waals surface area contributed by atoms with E-state index in [4.69, 9.17) is 27.9 Å². The number of carbonyl (C=O) groups excluding carboxylic acids is 1. The monoisotopic (exact) mass is 458 g/mol.